The fourth-order valence-corrected chi connectivity index (χ4v) is 9.41. The zero-order chi connectivity index (χ0) is 49.7. The van der Waals surface area contributed by atoms with Crippen LogP contribution in [0.3, 0.4) is 0 Å². The lowest BCUT2D eigenvalue weighted by Crippen LogP contribution is -2.33. The number of hydrogen-bond acceptors (Lipinski definition) is 12. The molecule has 0 N–H and O–H groups in total. The van der Waals surface area contributed by atoms with Crippen molar-refractivity contribution in [2.45, 2.75) is 116 Å². The monoisotopic (exact) mass is 1020 g/mol. The first kappa shape index (κ1) is 54.4. The van der Waals surface area contributed by atoms with Gasteiger partial charge in [-0.2, -0.15) is 0 Å². The van der Waals surface area contributed by atoms with Gasteiger partial charge in [0.15, 0.2) is 29.1 Å². The molecule has 4 aromatic carbocycles. The van der Waals surface area contributed by atoms with Gasteiger partial charge in [-0.25, -0.2) is 0 Å². The molecule has 388 valence electrons. The van der Waals surface area contributed by atoms with E-state index >= 15 is 0 Å². The van der Waals surface area contributed by atoms with Gasteiger partial charge >= 0.3 is 0 Å². The van der Waals surface area contributed by atoms with Gasteiger partial charge in [-0.15, -0.1) is 22.7 Å². The van der Waals surface area contributed by atoms with E-state index in [0.717, 1.165) is 150 Å². The fraction of sp³-hybridized carbons (Fsp3) is 0.467. The predicted molar refractivity (Wildman–Crippen MR) is 292 cm³/mol. The summed E-state index contributed by atoms with van der Waals surface area (Å²) in [5, 5.41) is 7.88. The molecule has 0 amide bonds. The lowest BCUT2D eigenvalue weighted by atomic mass is 10.1. The summed E-state index contributed by atoms with van der Waals surface area (Å²) in [6.07, 6.45) is 15.7. The lowest BCUT2D eigenvalue weighted by molar-refractivity contribution is 0.00102. The average Bonchev–Trinajstić information content (AvgIpc) is 4.05. The molecule has 1 atom stereocenters. The number of fused-ring (bicyclic) bond motifs is 2. The Morgan fingerprint density at radius 3 is 1.15 bits per heavy atom. The first-order valence-corrected chi connectivity index (χ1v) is 28.3. The Labute approximate surface area is 436 Å². The Balaban J connectivity index is 0.000000211. The van der Waals surface area contributed by atoms with Gasteiger partial charge in [-0.1, -0.05) is 101 Å². The molecule has 2 aliphatic rings. The number of thiophene rings is 2. The van der Waals surface area contributed by atoms with Crippen molar-refractivity contribution in [3.05, 3.63) is 119 Å². The van der Waals surface area contributed by atoms with Crippen LogP contribution in [-0.2, 0) is 9.47 Å². The molecule has 0 bridgehead atoms. The molecule has 0 spiro atoms. The molecular formula is C60H76O10S2. The van der Waals surface area contributed by atoms with Gasteiger partial charge in [0.1, 0.15) is 48.9 Å². The van der Waals surface area contributed by atoms with Gasteiger partial charge in [0.25, 0.3) is 0 Å². The summed E-state index contributed by atoms with van der Waals surface area (Å²) in [6, 6.07) is 33.3. The number of benzene rings is 4. The van der Waals surface area contributed by atoms with Crippen LogP contribution >= 0.6 is 22.7 Å². The van der Waals surface area contributed by atoms with Crippen molar-refractivity contribution in [2.75, 3.05) is 66.1 Å². The first-order valence-electron chi connectivity index (χ1n) is 26.4. The topological polar surface area (TPSA) is 92.3 Å². The molecule has 2 aromatic heterocycles. The SMILES string of the molecule is CCCCCOc1ccc(-c2ccc(OCCCCCCOC3COc4cscc4OC3)cc2)cc1.CCCCCOc1ccc(-c2ccc(OCCCCCCOCC3COc4cscc4O3)cc2)cc1. The summed E-state index contributed by atoms with van der Waals surface area (Å²) in [6.45, 7) is 11.2. The number of ether oxygens (including phenoxy) is 10. The highest BCUT2D eigenvalue weighted by Crippen LogP contribution is 2.36. The maximum absolute atomic E-state index is 5.94. The third-order valence-electron chi connectivity index (χ3n) is 12.3. The molecule has 4 heterocycles. The molecule has 0 fully saturated rings. The summed E-state index contributed by atoms with van der Waals surface area (Å²) in [5.74, 6) is 7.06. The van der Waals surface area contributed by atoms with Gasteiger partial charge in [-0.05, 0) is 122 Å². The Kier molecular flexibility index (Phi) is 24.1. The van der Waals surface area contributed by atoms with Crippen molar-refractivity contribution in [1.82, 2.24) is 0 Å². The Morgan fingerprint density at radius 1 is 0.389 bits per heavy atom. The molecule has 0 radical (unpaired) electrons. The largest absolute Gasteiger partial charge is 0.494 e. The van der Waals surface area contributed by atoms with Crippen LogP contribution in [0.2, 0.25) is 0 Å². The van der Waals surface area contributed by atoms with Crippen LogP contribution in [0.5, 0.6) is 46.0 Å². The highest BCUT2D eigenvalue weighted by atomic mass is 32.1. The average molecular weight is 1020 g/mol. The Hall–Kier alpha value is -5.40. The number of rotatable bonds is 31. The highest BCUT2D eigenvalue weighted by molar-refractivity contribution is 7.08. The molecule has 8 rings (SSSR count). The van der Waals surface area contributed by atoms with Crippen LogP contribution in [-0.4, -0.2) is 78.3 Å². The molecule has 6 aromatic rings. The van der Waals surface area contributed by atoms with Crippen LogP contribution in [0.4, 0.5) is 0 Å². The summed E-state index contributed by atoms with van der Waals surface area (Å²) in [7, 11) is 0. The molecule has 0 saturated heterocycles. The van der Waals surface area contributed by atoms with Gasteiger partial charge in [-0.3, -0.25) is 0 Å². The molecule has 0 saturated carbocycles. The molecule has 12 heteroatoms. The van der Waals surface area contributed by atoms with E-state index in [-0.39, 0.29) is 12.2 Å². The minimum Gasteiger partial charge on any atom is -0.494 e. The third-order valence-corrected chi connectivity index (χ3v) is 13.7. The first-order chi connectivity index (χ1) is 35.6. The molecule has 1 unspecified atom stereocenters. The zero-order valence-corrected chi connectivity index (χ0v) is 44.2. The van der Waals surface area contributed by atoms with Crippen molar-refractivity contribution in [2.24, 2.45) is 0 Å². The van der Waals surface area contributed by atoms with E-state index < -0.39 is 0 Å². The van der Waals surface area contributed by atoms with Gasteiger partial charge in [0, 0.05) is 34.7 Å². The van der Waals surface area contributed by atoms with E-state index in [1.165, 1.54) is 47.9 Å². The third kappa shape index (κ3) is 19.2. The van der Waals surface area contributed by atoms with Crippen LogP contribution < -0.4 is 37.9 Å². The standard InChI is InChI=1S/2C30H38O5S/c1-2-3-6-18-32-26-13-9-24(10-14-26)25-11-15-27(16-12-25)33-19-8-5-4-7-17-31-20-28-21-34-29-22-36-23-30(29)35-28;1-2-3-6-17-31-26-13-9-24(10-14-26)25-11-15-27(16-12-25)32-18-7-4-5-8-19-33-28-20-34-29-22-36-23-30(29)35-21-28/h2*9-16,22-23,28H,2-8,17-21H2,1H3. The number of hydrogen-bond donors (Lipinski definition) is 0. The molecule has 2 aliphatic heterocycles. The second-order valence-corrected chi connectivity index (χ2v) is 19.7. The van der Waals surface area contributed by atoms with Crippen molar-refractivity contribution in [3.8, 4) is 68.2 Å². The molecule has 0 aliphatic carbocycles. The lowest BCUT2D eigenvalue weighted by Gasteiger charge is -2.24. The predicted octanol–water partition coefficient (Wildman–Crippen LogP) is 15.6. The van der Waals surface area contributed by atoms with E-state index in [4.69, 9.17) is 47.4 Å². The van der Waals surface area contributed by atoms with Crippen LogP contribution in [0.15, 0.2) is 119 Å². The van der Waals surface area contributed by atoms with Crippen molar-refractivity contribution >= 4 is 22.7 Å². The Bertz CT molecular complexity index is 2300. The second-order valence-electron chi connectivity index (χ2n) is 18.2. The summed E-state index contributed by atoms with van der Waals surface area (Å²) >= 11 is 3.19. The smallest absolute Gasteiger partial charge is 0.172 e. The van der Waals surface area contributed by atoms with Crippen LogP contribution in [0, 0.1) is 0 Å². The van der Waals surface area contributed by atoms with E-state index in [1.807, 2.05) is 45.8 Å². The summed E-state index contributed by atoms with van der Waals surface area (Å²) in [5.41, 5.74) is 4.73. The summed E-state index contributed by atoms with van der Waals surface area (Å²) in [4.78, 5) is 0. The van der Waals surface area contributed by atoms with E-state index in [9.17, 15) is 0 Å². The number of unbranched alkanes of at least 4 members (excludes halogenated alkanes) is 10. The summed E-state index contributed by atoms with van der Waals surface area (Å²) < 4.78 is 58.2. The normalized spacial score (nSPS) is 13.9. The van der Waals surface area contributed by atoms with Crippen molar-refractivity contribution < 1.29 is 47.4 Å². The maximum atomic E-state index is 5.94. The van der Waals surface area contributed by atoms with E-state index in [0.29, 0.717) is 26.4 Å². The fourth-order valence-electron chi connectivity index (χ4n) is 8.06. The quantitative estimate of drug-likeness (QED) is 0.0392. The minimum atomic E-state index is -0.0133. The van der Waals surface area contributed by atoms with Crippen LogP contribution in [0.25, 0.3) is 22.3 Å². The minimum absolute atomic E-state index is 0.00414. The van der Waals surface area contributed by atoms with Gasteiger partial charge in [0.05, 0.1) is 33.0 Å². The van der Waals surface area contributed by atoms with Gasteiger partial charge in [0.2, 0.25) is 0 Å². The molecular weight excluding hydrogens is 945 g/mol. The Morgan fingerprint density at radius 2 is 0.736 bits per heavy atom. The van der Waals surface area contributed by atoms with Crippen molar-refractivity contribution in [1.29, 1.82) is 0 Å². The van der Waals surface area contributed by atoms with E-state index in [2.05, 4.69) is 86.6 Å². The zero-order valence-electron chi connectivity index (χ0n) is 42.6. The van der Waals surface area contributed by atoms with Gasteiger partial charge < -0.3 is 47.4 Å². The van der Waals surface area contributed by atoms with Crippen LogP contribution in [0.1, 0.15) is 104 Å². The highest BCUT2D eigenvalue weighted by Gasteiger charge is 2.22. The second kappa shape index (κ2) is 31.9. The maximum Gasteiger partial charge on any atom is 0.172 e. The van der Waals surface area contributed by atoms with E-state index in [1.54, 1.807) is 22.7 Å². The molecule has 72 heavy (non-hydrogen) atoms. The van der Waals surface area contributed by atoms with Crippen molar-refractivity contribution in [3.63, 3.8) is 0 Å². The molecule has 10 nitrogen and oxygen atoms in total.